The van der Waals surface area contributed by atoms with Crippen LogP contribution in [0.1, 0.15) is 18.9 Å². The SMILES string of the molecule is COc1cccc(O[C@H]2CN[C@@H]([C@@H](O)[C@H](Cc3cc(F)cc(F)c3)N(Cl)C(C)=O)C2)c1. The molecule has 0 unspecified atom stereocenters. The standard InChI is InChI=1S/C22H25ClF2N2O4/c1-13(28)27(23)21(8-14-6-15(24)9-16(25)7-14)22(29)20-11-19(12-26-20)31-18-5-3-4-17(10-18)30-2/h3-7,9-10,19-22,26,29H,8,11-12H2,1-2H3/t19-,20-,21+,22-/m1/s1. The van der Waals surface area contributed by atoms with Gasteiger partial charge in [0.15, 0.2) is 0 Å². The van der Waals surface area contributed by atoms with Gasteiger partial charge in [-0.25, -0.2) is 13.2 Å². The van der Waals surface area contributed by atoms with E-state index in [2.05, 4.69) is 5.32 Å². The lowest BCUT2D eigenvalue weighted by atomic mass is 9.95. The second-order valence-corrected chi connectivity index (χ2v) is 7.90. The topological polar surface area (TPSA) is 71.0 Å². The minimum absolute atomic E-state index is 0.0154. The molecule has 4 atom stereocenters. The van der Waals surface area contributed by atoms with Crippen molar-refractivity contribution in [2.75, 3.05) is 13.7 Å². The number of rotatable bonds is 8. The molecule has 1 saturated heterocycles. The second kappa shape index (κ2) is 10.3. The molecular weight excluding hydrogens is 430 g/mol. The number of ether oxygens (including phenoxy) is 2. The summed E-state index contributed by atoms with van der Waals surface area (Å²) in [6.45, 7) is 1.73. The Bertz CT molecular complexity index is 897. The van der Waals surface area contributed by atoms with Gasteiger partial charge in [-0.1, -0.05) is 6.07 Å². The first-order chi connectivity index (χ1) is 14.8. The third-order valence-electron chi connectivity index (χ3n) is 5.23. The van der Waals surface area contributed by atoms with E-state index < -0.39 is 35.7 Å². The number of methoxy groups -OCH3 is 1. The molecular formula is C22H25ClF2N2O4. The quantitative estimate of drug-likeness (QED) is 0.600. The summed E-state index contributed by atoms with van der Waals surface area (Å²) in [4.78, 5) is 11.9. The van der Waals surface area contributed by atoms with E-state index in [4.69, 9.17) is 21.3 Å². The molecule has 1 amide bonds. The van der Waals surface area contributed by atoms with Crippen LogP contribution in [-0.2, 0) is 11.2 Å². The van der Waals surface area contributed by atoms with E-state index in [9.17, 15) is 18.7 Å². The van der Waals surface area contributed by atoms with Gasteiger partial charge in [0.1, 0.15) is 29.2 Å². The Balaban J connectivity index is 1.70. The van der Waals surface area contributed by atoms with Crippen molar-refractivity contribution in [1.82, 2.24) is 9.74 Å². The molecule has 0 spiro atoms. The number of aliphatic hydroxyl groups excluding tert-OH is 1. The van der Waals surface area contributed by atoms with Crippen molar-refractivity contribution in [3.8, 4) is 11.5 Å². The first kappa shape index (κ1) is 23.2. The molecule has 1 heterocycles. The van der Waals surface area contributed by atoms with Crippen LogP contribution in [0, 0.1) is 11.6 Å². The van der Waals surface area contributed by atoms with Crippen molar-refractivity contribution in [2.45, 2.75) is 44.1 Å². The third kappa shape index (κ3) is 6.06. The first-order valence-corrected chi connectivity index (χ1v) is 10.2. The fourth-order valence-electron chi connectivity index (χ4n) is 3.76. The minimum Gasteiger partial charge on any atom is -0.497 e. The highest BCUT2D eigenvalue weighted by atomic mass is 35.5. The van der Waals surface area contributed by atoms with Crippen LogP contribution >= 0.6 is 11.8 Å². The van der Waals surface area contributed by atoms with E-state index in [1.165, 1.54) is 6.92 Å². The molecule has 0 saturated carbocycles. The summed E-state index contributed by atoms with van der Waals surface area (Å²) in [6, 6.07) is 8.95. The average molecular weight is 455 g/mol. The van der Waals surface area contributed by atoms with Crippen LogP contribution in [0.2, 0.25) is 0 Å². The summed E-state index contributed by atoms with van der Waals surface area (Å²) in [5, 5.41) is 14.2. The van der Waals surface area contributed by atoms with Crippen LogP contribution < -0.4 is 14.8 Å². The van der Waals surface area contributed by atoms with E-state index in [1.54, 1.807) is 13.2 Å². The van der Waals surface area contributed by atoms with Gasteiger partial charge in [0.05, 0.1) is 19.3 Å². The molecule has 3 rings (SSSR count). The molecule has 168 valence electrons. The predicted molar refractivity (Wildman–Crippen MR) is 112 cm³/mol. The summed E-state index contributed by atoms with van der Waals surface area (Å²) in [7, 11) is 1.57. The lowest BCUT2D eigenvalue weighted by molar-refractivity contribution is -0.127. The molecule has 9 heteroatoms. The van der Waals surface area contributed by atoms with E-state index in [1.807, 2.05) is 18.2 Å². The zero-order chi connectivity index (χ0) is 22.5. The fraction of sp³-hybridized carbons (Fsp3) is 0.409. The summed E-state index contributed by atoms with van der Waals surface area (Å²) < 4.78 is 39.2. The lowest BCUT2D eigenvalue weighted by Gasteiger charge is -2.32. The highest BCUT2D eigenvalue weighted by Crippen LogP contribution is 2.26. The normalized spacial score (nSPS) is 20.2. The molecule has 0 aromatic heterocycles. The Kier molecular flexibility index (Phi) is 7.69. The van der Waals surface area contributed by atoms with Crippen molar-refractivity contribution in [3.05, 3.63) is 59.7 Å². The van der Waals surface area contributed by atoms with Gasteiger partial charge in [0.2, 0.25) is 5.91 Å². The zero-order valence-electron chi connectivity index (χ0n) is 17.2. The maximum Gasteiger partial charge on any atom is 0.234 e. The monoisotopic (exact) mass is 454 g/mol. The molecule has 0 bridgehead atoms. The van der Waals surface area contributed by atoms with Crippen molar-refractivity contribution in [2.24, 2.45) is 0 Å². The summed E-state index contributed by atoms with van der Waals surface area (Å²) in [5.41, 5.74) is 0.288. The Morgan fingerprint density at radius 1 is 1.26 bits per heavy atom. The van der Waals surface area contributed by atoms with Crippen LogP contribution in [0.25, 0.3) is 0 Å². The minimum atomic E-state index is -1.09. The molecule has 2 aromatic carbocycles. The zero-order valence-corrected chi connectivity index (χ0v) is 18.0. The Labute approximate surface area is 184 Å². The summed E-state index contributed by atoms with van der Waals surface area (Å²) in [5.74, 6) is -0.655. The fourth-order valence-corrected chi connectivity index (χ4v) is 3.94. The molecule has 1 aliphatic heterocycles. The largest absolute Gasteiger partial charge is 0.497 e. The van der Waals surface area contributed by atoms with Gasteiger partial charge < -0.3 is 19.9 Å². The van der Waals surface area contributed by atoms with Crippen LogP contribution in [-0.4, -0.2) is 53.4 Å². The first-order valence-electron chi connectivity index (χ1n) is 9.89. The maximum absolute atomic E-state index is 13.6. The van der Waals surface area contributed by atoms with Crippen LogP contribution in [0.15, 0.2) is 42.5 Å². The smallest absolute Gasteiger partial charge is 0.234 e. The Hall–Kier alpha value is -2.42. The summed E-state index contributed by atoms with van der Waals surface area (Å²) in [6.07, 6.45) is -0.875. The van der Waals surface area contributed by atoms with Gasteiger partial charge >= 0.3 is 0 Å². The average Bonchev–Trinajstić information content (AvgIpc) is 3.18. The number of nitrogens with one attached hydrogen (secondary N) is 1. The van der Waals surface area contributed by atoms with E-state index in [-0.39, 0.29) is 18.1 Å². The van der Waals surface area contributed by atoms with Gasteiger partial charge in [0.25, 0.3) is 0 Å². The van der Waals surface area contributed by atoms with Crippen molar-refractivity contribution in [3.63, 3.8) is 0 Å². The number of halogens is 3. The number of hydrogen-bond acceptors (Lipinski definition) is 5. The van der Waals surface area contributed by atoms with Gasteiger partial charge in [0, 0.05) is 49.8 Å². The second-order valence-electron chi connectivity index (χ2n) is 7.54. The highest BCUT2D eigenvalue weighted by molar-refractivity contribution is 6.21. The summed E-state index contributed by atoms with van der Waals surface area (Å²) >= 11 is 6.15. The molecule has 6 nitrogen and oxygen atoms in total. The number of aliphatic hydroxyl groups is 1. The third-order valence-corrected chi connectivity index (χ3v) is 5.72. The number of nitrogens with zero attached hydrogens (tertiary/aromatic N) is 1. The predicted octanol–water partition coefficient (Wildman–Crippen LogP) is 3.06. The molecule has 1 aliphatic rings. The van der Waals surface area contributed by atoms with Crippen molar-refractivity contribution in [1.29, 1.82) is 0 Å². The molecule has 31 heavy (non-hydrogen) atoms. The van der Waals surface area contributed by atoms with Crippen molar-refractivity contribution < 1.29 is 28.2 Å². The number of hydrogen-bond donors (Lipinski definition) is 2. The van der Waals surface area contributed by atoms with E-state index in [0.29, 0.717) is 24.5 Å². The highest BCUT2D eigenvalue weighted by Gasteiger charge is 2.38. The lowest BCUT2D eigenvalue weighted by Crippen LogP contribution is -2.50. The van der Waals surface area contributed by atoms with E-state index in [0.717, 1.165) is 22.6 Å². The van der Waals surface area contributed by atoms with Gasteiger partial charge in [-0.15, -0.1) is 0 Å². The number of carbonyl (C=O) groups excluding carboxylic acids is 1. The van der Waals surface area contributed by atoms with Crippen LogP contribution in [0.5, 0.6) is 11.5 Å². The number of benzene rings is 2. The Morgan fingerprint density at radius 3 is 2.58 bits per heavy atom. The number of carbonyl (C=O) groups is 1. The van der Waals surface area contributed by atoms with Crippen LogP contribution in [0.4, 0.5) is 8.78 Å². The van der Waals surface area contributed by atoms with Crippen LogP contribution in [0.3, 0.4) is 0 Å². The molecule has 0 radical (unpaired) electrons. The molecule has 1 fully saturated rings. The van der Waals surface area contributed by atoms with Gasteiger partial charge in [-0.2, -0.15) is 0 Å². The molecule has 0 aliphatic carbocycles. The Morgan fingerprint density at radius 2 is 1.94 bits per heavy atom. The maximum atomic E-state index is 13.6. The van der Waals surface area contributed by atoms with Gasteiger partial charge in [-0.05, 0) is 36.2 Å². The van der Waals surface area contributed by atoms with Crippen molar-refractivity contribution >= 4 is 17.7 Å². The van der Waals surface area contributed by atoms with Gasteiger partial charge in [-0.3, -0.25) is 4.79 Å². The van der Waals surface area contributed by atoms with E-state index >= 15 is 0 Å². The number of amides is 1. The molecule has 2 aromatic rings. The molecule has 2 N–H and O–H groups in total.